The van der Waals surface area contributed by atoms with Crippen LogP contribution in [0.5, 0.6) is 0 Å². The van der Waals surface area contributed by atoms with Crippen LogP contribution in [0.2, 0.25) is 0 Å². The standard InChI is InChI=1S/C23H24FN9O/c24-18-7-6-15(13-26-18)27-22(34)23-8-2-9-32(23)20(12-23)31-33-10-1-3-17(33)21(25)28-19-11-16(29-30-19)14-4-5-14/h1,3,6-7,10-11,13-14H,2,4-5,8-9,12H2,(H,27,34)(H3,25,28,29,30)/b31-20+/t23-/m1/s1. The van der Waals surface area contributed by atoms with Gasteiger partial charge in [0.1, 0.15) is 22.9 Å². The fourth-order valence-electron chi connectivity index (χ4n) is 4.79. The predicted molar refractivity (Wildman–Crippen MR) is 124 cm³/mol. The van der Waals surface area contributed by atoms with Crippen molar-refractivity contribution in [3.63, 3.8) is 0 Å². The first kappa shape index (κ1) is 20.6. The highest BCUT2D eigenvalue weighted by Crippen LogP contribution is 2.43. The van der Waals surface area contributed by atoms with Crippen LogP contribution in [0, 0.1) is 11.4 Å². The Morgan fingerprint density at radius 3 is 2.97 bits per heavy atom. The van der Waals surface area contributed by atoms with Crippen molar-refractivity contribution in [2.24, 2.45) is 5.10 Å². The minimum absolute atomic E-state index is 0.135. The van der Waals surface area contributed by atoms with Crippen LogP contribution >= 0.6 is 0 Å². The van der Waals surface area contributed by atoms with Crippen LogP contribution in [0.15, 0.2) is 47.8 Å². The van der Waals surface area contributed by atoms with E-state index >= 15 is 0 Å². The quantitative estimate of drug-likeness (QED) is 0.255. The lowest BCUT2D eigenvalue weighted by molar-refractivity contribution is -0.126. The van der Waals surface area contributed by atoms with Crippen molar-refractivity contribution in [2.45, 2.75) is 43.6 Å². The second-order valence-corrected chi connectivity index (χ2v) is 9.02. The third-order valence-electron chi connectivity index (χ3n) is 6.73. The summed E-state index contributed by atoms with van der Waals surface area (Å²) in [5.74, 6) is 1.44. The minimum Gasteiger partial charge on any atom is -0.343 e. The van der Waals surface area contributed by atoms with Crippen molar-refractivity contribution in [1.82, 2.24) is 24.8 Å². The van der Waals surface area contributed by atoms with Crippen LogP contribution in [-0.2, 0) is 4.79 Å². The number of amidine groups is 2. The number of pyridine rings is 1. The van der Waals surface area contributed by atoms with Gasteiger partial charge in [-0.2, -0.15) is 14.6 Å². The normalized spacial score (nSPS) is 22.4. The first-order chi connectivity index (χ1) is 16.5. The number of halogens is 1. The maximum absolute atomic E-state index is 13.1. The van der Waals surface area contributed by atoms with Crippen molar-refractivity contribution < 1.29 is 9.18 Å². The van der Waals surface area contributed by atoms with Gasteiger partial charge in [0.05, 0.1) is 11.9 Å². The molecule has 11 heteroatoms. The van der Waals surface area contributed by atoms with Gasteiger partial charge in [-0.15, -0.1) is 0 Å². The second-order valence-electron chi connectivity index (χ2n) is 9.02. The Morgan fingerprint density at radius 2 is 2.18 bits per heavy atom. The molecule has 3 fully saturated rings. The van der Waals surface area contributed by atoms with E-state index in [1.807, 2.05) is 23.1 Å². The molecular formula is C23H24FN9O. The summed E-state index contributed by atoms with van der Waals surface area (Å²) in [5, 5.41) is 26.4. The summed E-state index contributed by atoms with van der Waals surface area (Å²) in [4.78, 5) is 18.7. The number of hydrogen-bond donors (Lipinski definition) is 4. The smallest absolute Gasteiger partial charge is 0.250 e. The summed E-state index contributed by atoms with van der Waals surface area (Å²) in [6.45, 7) is 0.734. The molecule has 2 aliphatic heterocycles. The number of carbonyl (C=O) groups excluding carboxylic acids is 1. The van der Waals surface area contributed by atoms with E-state index in [1.165, 1.54) is 31.2 Å². The zero-order valence-electron chi connectivity index (χ0n) is 18.4. The number of carbonyl (C=O) groups is 1. The molecule has 3 aliphatic rings. The van der Waals surface area contributed by atoms with Crippen LogP contribution in [0.4, 0.5) is 15.9 Å². The lowest BCUT2D eigenvalue weighted by atomic mass is 9.83. The molecule has 0 unspecified atom stereocenters. The molecule has 6 rings (SSSR count). The summed E-state index contributed by atoms with van der Waals surface area (Å²) < 4.78 is 14.7. The summed E-state index contributed by atoms with van der Waals surface area (Å²) in [6.07, 6.45) is 7.56. The average Bonchev–Trinajstić information content (AvgIpc) is 3.22. The van der Waals surface area contributed by atoms with Crippen LogP contribution < -0.4 is 10.6 Å². The van der Waals surface area contributed by atoms with Gasteiger partial charge in [-0.1, -0.05) is 0 Å². The van der Waals surface area contributed by atoms with Gasteiger partial charge in [0.15, 0.2) is 5.82 Å². The molecule has 3 aromatic rings. The molecule has 0 bridgehead atoms. The predicted octanol–water partition coefficient (Wildman–Crippen LogP) is 3.10. The number of H-pyrrole nitrogens is 1. The molecule has 1 amide bonds. The SMILES string of the molecule is N=C(Nc1cc(C2CC2)[nH]n1)c1cccn1/N=C1\C[C@@]2(C(=O)Nc3ccc(F)nc3)CCCN12. The number of fused-ring (bicyclic) bond motifs is 1. The van der Waals surface area contributed by atoms with Gasteiger partial charge in [-0.05, 0) is 49.9 Å². The molecular weight excluding hydrogens is 437 g/mol. The van der Waals surface area contributed by atoms with Crippen molar-refractivity contribution in [1.29, 1.82) is 5.41 Å². The second kappa shape index (κ2) is 7.79. The molecule has 3 aromatic heterocycles. The van der Waals surface area contributed by atoms with Gasteiger partial charge in [0, 0.05) is 36.8 Å². The first-order valence-electron chi connectivity index (χ1n) is 11.4. The lowest BCUT2D eigenvalue weighted by Crippen LogP contribution is -2.66. The van der Waals surface area contributed by atoms with Crippen LogP contribution in [0.3, 0.4) is 0 Å². The molecule has 34 heavy (non-hydrogen) atoms. The zero-order chi connectivity index (χ0) is 23.3. The summed E-state index contributed by atoms with van der Waals surface area (Å²) in [5.41, 5.74) is 1.51. The molecule has 0 radical (unpaired) electrons. The molecule has 1 atom stereocenters. The van der Waals surface area contributed by atoms with E-state index in [9.17, 15) is 9.18 Å². The topological polar surface area (TPSA) is 127 Å². The van der Waals surface area contributed by atoms with Crippen LogP contribution in [0.25, 0.3) is 0 Å². The average molecular weight is 462 g/mol. The maximum atomic E-state index is 13.1. The summed E-state index contributed by atoms with van der Waals surface area (Å²) >= 11 is 0. The van der Waals surface area contributed by atoms with Crippen molar-refractivity contribution in [3.8, 4) is 0 Å². The molecule has 4 N–H and O–H groups in total. The number of aromatic amines is 1. The number of nitrogens with zero attached hydrogens (tertiary/aromatic N) is 5. The molecule has 1 aliphatic carbocycles. The van der Waals surface area contributed by atoms with Gasteiger partial charge in [0.25, 0.3) is 5.91 Å². The molecule has 5 heterocycles. The van der Waals surface area contributed by atoms with Gasteiger partial charge in [-0.25, -0.2) is 9.66 Å². The number of hydrogen-bond acceptors (Lipinski definition) is 5. The zero-order valence-corrected chi connectivity index (χ0v) is 18.4. The Morgan fingerprint density at radius 1 is 1.29 bits per heavy atom. The Kier molecular flexibility index (Phi) is 4.71. The molecule has 0 aromatic carbocycles. The van der Waals surface area contributed by atoms with Gasteiger partial charge in [0.2, 0.25) is 5.95 Å². The summed E-state index contributed by atoms with van der Waals surface area (Å²) in [7, 11) is 0. The highest BCUT2D eigenvalue weighted by atomic mass is 19.1. The highest BCUT2D eigenvalue weighted by Gasteiger charge is 2.57. The van der Waals surface area contributed by atoms with Crippen molar-refractivity contribution in [2.75, 3.05) is 17.2 Å². The molecule has 10 nitrogen and oxygen atoms in total. The Labute approximate surface area is 194 Å². The monoisotopic (exact) mass is 461 g/mol. The van der Waals surface area contributed by atoms with Gasteiger partial charge < -0.3 is 15.5 Å². The van der Waals surface area contributed by atoms with E-state index in [-0.39, 0.29) is 11.7 Å². The number of rotatable bonds is 6. The highest BCUT2D eigenvalue weighted by molar-refractivity contribution is 6.09. The summed E-state index contributed by atoms with van der Waals surface area (Å²) in [6, 6.07) is 8.32. The molecule has 1 saturated carbocycles. The van der Waals surface area contributed by atoms with Crippen LogP contribution in [0.1, 0.15) is 49.4 Å². The van der Waals surface area contributed by atoms with Crippen molar-refractivity contribution >= 4 is 29.1 Å². The van der Waals surface area contributed by atoms with E-state index in [2.05, 4.69) is 25.8 Å². The maximum Gasteiger partial charge on any atom is 0.250 e. The van der Waals surface area contributed by atoms with E-state index < -0.39 is 11.5 Å². The van der Waals surface area contributed by atoms with Gasteiger partial charge >= 0.3 is 0 Å². The van der Waals surface area contributed by atoms with E-state index in [0.717, 1.165) is 30.9 Å². The number of aromatic nitrogens is 4. The molecule has 174 valence electrons. The Balaban J connectivity index is 1.16. The first-order valence-corrected chi connectivity index (χ1v) is 11.4. The fourth-order valence-corrected chi connectivity index (χ4v) is 4.79. The Bertz CT molecular complexity index is 1290. The van der Waals surface area contributed by atoms with Gasteiger partial charge in [-0.3, -0.25) is 15.3 Å². The van der Waals surface area contributed by atoms with E-state index in [1.54, 1.807) is 10.9 Å². The number of amides is 1. The third-order valence-corrected chi connectivity index (χ3v) is 6.73. The minimum atomic E-state index is -0.652. The number of nitrogens with one attached hydrogen (secondary N) is 4. The third kappa shape index (κ3) is 3.53. The number of anilines is 2. The fraction of sp³-hybridized carbons (Fsp3) is 0.348. The largest absolute Gasteiger partial charge is 0.343 e. The van der Waals surface area contributed by atoms with Crippen molar-refractivity contribution in [3.05, 3.63) is 60.1 Å². The lowest BCUT2D eigenvalue weighted by Gasteiger charge is -2.48. The van der Waals surface area contributed by atoms with E-state index in [4.69, 9.17) is 10.5 Å². The molecule has 0 spiro atoms. The molecule has 2 saturated heterocycles. The van der Waals surface area contributed by atoms with Crippen LogP contribution in [-0.4, -0.2) is 54.4 Å². The Hall–Kier alpha value is -4.02. The van der Waals surface area contributed by atoms with E-state index in [0.29, 0.717) is 29.5 Å².